The quantitative estimate of drug-likeness (QED) is 0.495. The largest absolute Gasteiger partial charge is 0.487 e. The summed E-state index contributed by atoms with van der Waals surface area (Å²) in [6, 6.07) is 13.5. The Bertz CT molecular complexity index is 1120. The van der Waals surface area contributed by atoms with Crippen molar-refractivity contribution < 1.29 is 14.2 Å². The van der Waals surface area contributed by atoms with Gasteiger partial charge in [0.05, 0.1) is 17.5 Å². The molecule has 6 nitrogen and oxygen atoms in total. The van der Waals surface area contributed by atoms with Crippen molar-refractivity contribution in [2.75, 3.05) is 13.7 Å². The molecule has 0 saturated heterocycles. The highest BCUT2D eigenvalue weighted by Crippen LogP contribution is 2.35. The fraction of sp³-hybridized carbons (Fsp3) is 0.385. The molecule has 1 unspecified atom stereocenters. The molecule has 3 aromatic rings. The second-order valence-electron chi connectivity index (χ2n) is 8.11. The number of rotatable bonds is 9. The van der Waals surface area contributed by atoms with E-state index < -0.39 is 0 Å². The standard InChI is InChI=1S/C26H30N2O4/c1-4-7-22(30-3)17-32-25-15-24(29)18(2)26-23-10-9-21(14-19(23)11-13-28(25)26)31-16-20-8-5-6-12-27-20/h5-6,8-10,12,14-15,22H,4,7,11,13,16-17H2,1-3H3. The Labute approximate surface area is 188 Å². The molecule has 0 N–H and O–H groups in total. The summed E-state index contributed by atoms with van der Waals surface area (Å²) in [6.45, 7) is 5.60. The fourth-order valence-corrected chi connectivity index (χ4v) is 4.16. The van der Waals surface area contributed by atoms with Crippen molar-refractivity contribution in [1.29, 1.82) is 0 Å². The van der Waals surface area contributed by atoms with Gasteiger partial charge in [-0.25, -0.2) is 0 Å². The third kappa shape index (κ3) is 4.70. The zero-order valence-corrected chi connectivity index (χ0v) is 19.0. The lowest BCUT2D eigenvalue weighted by atomic mass is 9.94. The van der Waals surface area contributed by atoms with E-state index in [9.17, 15) is 4.79 Å². The van der Waals surface area contributed by atoms with E-state index in [4.69, 9.17) is 14.2 Å². The highest BCUT2D eigenvalue weighted by atomic mass is 16.5. The van der Waals surface area contributed by atoms with Crippen molar-refractivity contribution in [3.63, 3.8) is 0 Å². The van der Waals surface area contributed by atoms with Crippen LogP contribution in [0.15, 0.2) is 53.5 Å². The number of aryl methyl sites for hydroxylation is 1. The fourth-order valence-electron chi connectivity index (χ4n) is 4.16. The van der Waals surface area contributed by atoms with Crippen LogP contribution in [0.2, 0.25) is 0 Å². The molecule has 4 rings (SSSR count). The Kier molecular flexibility index (Phi) is 6.90. The van der Waals surface area contributed by atoms with E-state index in [0.29, 0.717) is 19.1 Å². The molecule has 0 fully saturated rings. The van der Waals surface area contributed by atoms with Gasteiger partial charge in [0.15, 0.2) is 11.3 Å². The average molecular weight is 435 g/mol. The smallest absolute Gasteiger partial charge is 0.197 e. The van der Waals surface area contributed by atoms with Crippen LogP contribution < -0.4 is 14.9 Å². The third-order valence-electron chi connectivity index (χ3n) is 5.93. The number of benzene rings is 1. The van der Waals surface area contributed by atoms with Gasteiger partial charge >= 0.3 is 0 Å². The SMILES string of the molecule is CCCC(COc1cc(=O)c(C)c2n1CCc1cc(OCc3ccccn3)ccc1-2)OC. The molecule has 168 valence electrons. The molecule has 2 aromatic heterocycles. The number of methoxy groups -OCH3 is 1. The van der Waals surface area contributed by atoms with Crippen molar-refractivity contribution >= 4 is 0 Å². The molecule has 0 amide bonds. The summed E-state index contributed by atoms with van der Waals surface area (Å²) in [5, 5.41) is 0. The van der Waals surface area contributed by atoms with Crippen molar-refractivity contribution in [2.45, 2.75) is 52.4 Å². The Balaban J connectivity index is 1.60. The Morgan fingerprint density at radius 2 is 2.03 bits per heavy atom. The number of pyridine rings is 2. The lowest BCUT2D eigenvalue weighted by molar-refractivity contribution is 0.0484. The van der Waals surface area contributed by atoms with Crippen molar-refractivity contribution in [2.24, 2.45) is 0 Å². The summed E-state index contributed by atoms with van der Waals surface area (Å²) >= 11 is 0. The number of hydrogen-bond acceptors (Lipinski definition) is 5. The molecule has 32 heavy (non-hydrogen) atoms. The Hall–Kier alpha value is -3.12. The van der Waals surface area contributed by atoms with Gasteiger partial charge in [-0.05, 0) is 55.7 Å². The lowest BCUT2D eigenvalue weighted by Gasteiger charge is -2.27. The first-order valence-corrected chi connectivity index (χ1v) is 11.2. The highest BCUT2D eigenvalue weighted by molar-refractivity contribution is 5.70. The van der Waals surface area contributed by atoms with Gasteiger partial charge in [-0.2, -0.15) is 0 Å². The molecule has 0 radical (unpaired) electrons. The van der Waals surface area contributed by atoms with Gasteiger partial charge in [0.25, 0.3) is 0 Å². The topological polar surface area (TPSA) is 62.6 Å². The van der Waals surface area contributed by atoms with Crippen LogP contribution in [0.3, 0.4) is 0 Å². The van der Waals surface area contributed by atoms with Gasteiger partial charge in [0.2, 0.25) is 0 Å². The minimum absolute atomic E-state index is 0.0148. The van der Waals surface area contributed by atoms with E-state index in [-0.39, 0.29) is 11.5 Å². The number of aromatic nitrogens is 2. The summed E-state index contributed by atoms with van der Waals surface area (Å²) in [4.78, 5) is 17.0. The molecule has 0 saturated carbocycles. The van der Waals surface area contributed by atoms with Gasteiger partial charge in [-0.15, -0.1) is 0 Å². The maximum Gasteiger partial charge on any atom is 0.197 e. The summed E-state index contributed by atoms with van der Waals surface area (Å²) in [5.41, 5.74) is 4.75. The molecule has 1 atom stereocenters. The lowest BCUT2D eigenvalue weighted by Crippen LogP contribution is -2.25. The van der Waals surface area contributed by atoms with E-state index in [0.717, 1.165) is 54.1 Å². The second kappa shape index (κ2) is 10.0. The third-order valence-corrected chi connectivity index (χ3v) is 5.93. The molecule has 1 aliphatic heterocycles. The van der Waals surface area contributed by atoms with Gasteiger partial charge < -0.3 is 18.8 Å². The minimum Gasteiger partial charge on any atom is -0.487 e. The molecular formula is C26H30N2O4. The minimum atomic E-state index is -0.0148. The van der Waals surface area contributed by atoms with Gasteiger partial charge in [0.1, 0.15) is 19.0 Å². The van der Waals surface area contributed by atoms with Gasteiger partial charge in [-0.1, -0.05) is 19.4 Å². The normalized spacial score (nSPS) is 13.2. The van der Waals surface area contributed by atoms with E-state index in [1.54, 1.807) is 19.4 Å². The summed E-state index contributed by atoms with van der Waals surface area (Å²) in [6.07, 6.45) is 4.56. The van der Waals surface area contributed by atoms with Crippen LogP contribution in [-0.4, -0.2) is 29.4 Å². The Morgan fingerprint density at radius 1 is 1.16 bits per heavy atom. The number of nitrogens with zero attached hydrogens (tertiary/aromatic N) is 2. The van der Waals surface area contributed by atoms with Crippen LogP contribution in [0, 0.1) is 6.92 Å². The summed E-state index contributed by atoms with van der Waals surface area (Å²) in [7, 11) is 1.70. The molecule has 0 spiro atoms. The zero-order chi connectivity index (χ0) is 22.5. The van der Waals surface area contributed by atoms with Gasteiger partial charge in [-0.3, -0.25) is 9.78 Å². The van der Waals surface area contributed by atoms with Crippen LogP contribution in [0.1, 0.15) is 36.6 Å². The van der Waals surface area contributed by atoms with Gasteiger partial charge in [0, 0.05) is 37.0 Å². The number of hydrogen-bond donors (Lipinski definition) is 0. The monoisotopic (exact) mass is 434 g/mol. The van der Waals surface area contributed by atoms with Crippen LogP contribution in [-0.2, 0) is 24.3 Å². The first kappa shape index (κ1) is 22.1. The highest BCUT2D eigenvalue weighted by Gasteiger charge is 2.23. The number of fused-ring (bicyclic) bond motifs is 3. The molecule has 0 aliphatic carbocycles. The summed E-state index contributed by atoms with van der Waals surface area (Å²) in [5.74, 6) is 1.41. The van der Waals surface area contributed by atoms with Crippen LogP contribution in [0.5, 0.6) is 11.6 Å². The van der Waals surface area contributed by atoms with Crippen LogP contribution in [0.4, 0.5) is 0 Å². The maximum absolute atomic E-state index is 12.7. The van der Waals surface area contributed by atoms with Crippen LogP contribution >= 0.6 is 0 Å². The first-order chi connectivity index (χ1) is 15.6. The predicted octanol–water partition coefficient (Wildman–Crippen LogP) is 4.55. The van der Waals surface area contributed by atoms with Crippen molar-refractivity contribution in [3.05, 3.63) is 75.7 Å². The van der Waals surface area contributed by atoms with Crippen molar-refractivity contribution in [3.8, 4) is 22.9 Å². The number of ether oxygens (including phenoxy) is 3. The molecule has 6 heteroatoms. The molecule has 3 heterocycles. The predicted molar refractivity (Wildman–Crippen MR) is 124 cm³/mol. The molecule has 1 aromatic carbocycles. The first-order valence-electron chi connectivity index (χ1n) is 11.2. The second-order valence-corrected chi connectivity index (χ2v) is 8.11. The van der Waals surface area contributed by atoms with E-state index in [1.807, 2.05) is 37.3 Å². The molecular weight excluding hydrogens is 404 g/mol. The van der Waals surface area contributed by atoms with E-state index in [2.05, 4.69) is 22.5 Å². The Morgan fingerprint density at radius 3 is 2.78 bits per heavy atom. The average Bonchev–Trinajstić information content (AvgIpc) is 2.83. The van der Waals surface area contributed by atoms with Crippen LogP contribution in [0.25, 0.3) is 11.3 Å². The molecule has 0 bridgehead atoms. The van der Waals surface area contributed by atoms with Crippen molar-refractivity contribution in [1.82, 2.24) is 9.55 Å². The van der Waals surface area contributed by atoms with E-state index in [1.165, 1.54) is 5.56 Å². The maximum atomic E-state index is 12.7. The summed E-state index contributed by atoms with van der Waals surface area (Å²) < 4.78 is 19.7. The van der Waals surface area contributed by atoms with E-state index >= 15 is 0 Å². The molecule has 1 aliphatic rings. The zero-order valence-electron chi connectivity index (χ0n) is 19.0.